The first kappa shape index (κ1) is 18.6. The monoisotopic (exact) mass is 300 g/mol. The van der Waals surface area contributed by atoms with Crippen molar-refractivity contribution in [1.82, 2.24) is 0 Å². The molecule has 2 nitrogen and oxygen atoms in total. The van der Waals surface area contributed by atoms with Crippen molar-refractivity contribution in [2.45, 2.75) is 64.7 Å². The third-order valence-corrected chi connectivity index (χ3v) is 3.16. The Morgan fingerprint density at radius 1 is 1.05 bits per heavy atom. The van der Waals surface area contributed by atoms with Crippen molar-refractivity contribution in [2.24, 2.45) is 0 Å². The van der Waals surface area contributed by atoms with Crippen LogP contribution in [-0.4, -0.2) is 29.3 Å². The van der Waals surface area contributed by atoms with Crippen LogP contribution in [0.2, 0.25) is 0 Å². The van der Waals surface area contributed by atoms with Gasteiger partial charge in [-0.05, 0) is 39.4 Å². The van der Waals surface area contributed by atoms with Crippen LogP contribution in [0.3, 0.4) is 0 Å². The molecule has 0 aromatic rings. The fourth-order valence-corrected chi connectivity index (χ4v) is 2.19. The number of thioether (sulfide) groups is 1. The molecule has 0 spiro atoms. The molecule has 114 valence electrons. The van der Waals surface area contributed by atoms with Gasteiger partial charge in [0.25, 0.3) is 0 Å². The minimum atomic E-state index is -4.04. The van der Waals surface area contributed by atoms with E-state index >= 15 is 0 Å². The molecule has 0 amide bonds. The third kappa shape index (κ3) is 15.6. The van der Waals surface area contributed by atoms with Gasteiger partial charge in [-0.15, -0.1) is 0 Å². The molecule has 0 atom stereocenters. The number of carbonyl (C=O) groups is 1. The summed E-state index contributed by atoms with van der Waals surface area (Å²) < 4.78 is 40.7. The van der Waals surface area contributed by atoms with Gasteiger partial charge < -0.3 is 4.74 Å². The summed E-state index contributed by atoms with van der Waals surface area (Å²) in [4.78, 5) is 11.3. The Balaban J connectivity index is 3.35. The smallest absolute Gasteiger partial charge is 0.389 e. The molecule has 0 aliphatic rings. The first-order chi connectivity index (χ1) is 8.60. The molecular weight excluding hydrogens is 277 g/mol. The van der Waals surface area contributed by atoms with Crippen molar-refractivity contribution in [1.29, 1.82) is 0 Å². The van der Waals surface area contributed by atoms with Crippen molar-refractivity contribution in [3.8, 4) is 0 Å². The van der Waals surface area contributed by atoms with E-state index in [9.17, 15) is 18.0 Å². The SMILES string of the molecule is CC(C)(C)OC(=O)CSCCCCCCC(F)(F)F. The van der Waals surface area contributed by atoms with Gasteiger partial charge in [0.1, 0.15) is 5.60 Å². The van der Waals surface area contributed by atoms with E-state index in [4.69, 9.17) is 4.74 Å². The number of esters is 1. The number of hydrogen-bond acceptors (Lipinski definition) is 3. The molecular formula is C13H23F3O2S. The normalized spacial score (nSPS) is 12.5. The van der Waals surface area contributed by atoms with Crippen molar-refractivity contribution in [2.75, 3.05) is 11.5 Å². The van der Waals surface area contributed by atoms with E-state index in [0.29, 0.717) is 12.2 Å². The van der Waals surface area contributed by atoms with Gasteiger partial charge in [-0.25, -0.2) is 0 Å². The first-order valence-electron chi connectivity index (χ1n) is 6.46. The van der Waals surface area contributed by atoms with Crippen LogP contribution in [0.25, 0.3) is 0 Å². The van der Waals surface area contributed by atoms with Gasteiger partial charge in [0.15, 0.2) is 0 Å². The van der Waals surface area contributed by atoms with Gasteiger partial charge in [0.2, 0.25) is 0 Å². The Labute approximate surface area is 117 Å². The van der Waals surface area contributed by atoms with Crippen LogP contribution in [0.1, 0.15) is 52.9 Å². The Bertz CT molecular complexity index is 260. The number of halogens is 3. The average Bonchev–Trinajstić information content (AvgIpc) is 2.17. The molecule has 6 heteroatoms. The summed E-state index contributed by atoms with van der Waals surface area (Å²) in [6.45, 7) is 5.45. The summed E-state index contributed by atoms with van der Waals surface area (Å²) in [6.07, 6.45) is -2.33. The second kappa shape index (κ2) is 8.72. The second-order valence-electron chi connectivity index (χ2n) is 5.42. The Morgan fingerprint density at radius 2 is 1.63 bits per heavy atom. The molecule has 0 rings (SSSR count). The lowest BCUT2D eigenvalue weighted by Crippen LogP contribution is -2.25. The third-order valence-electron chi connectivity index (χ3n) is 2.14. The summed E-state index contributed by atoms with van der Waals surface area (Å²) in [5, 5.41) is 0. The minimum absolute atomic E-state index is 0.195. The lowest BCUT2D eigenvalue weighted by atomic mass is 10.1. The van der Waals surface area contributed by atoms with Crippen LogP contribution in [-0.2, 0) is 9.53 Å². The molecule has 0 aliphatic heterocycles. The molecule has 0 aliphatic carbocycles. The fraction of sp³-hybridized carbons (Fsp3) is 0.923. The van der Waals surface area contributed by atoms with Crippen LogP contribution in [0.15, 0.2) is 0 Å². The van der Waals surface area contributed by atoms with E-state index in [1.807, 2.05) is 20.8 Å². The minimum Gasteiger partial charge on any atom is -0.459 e. The van der Waals surface area contributed by atoms with Crippen LogP contribution < -0.4 is 0 Å². The van der Waals surface area contributed by atoms with Gasteiger partial charge >= 0.3 is 12.1 Å². The van der Waals surface area contributed by atoms with Gasteiger partial charge in [-0.2, -0.15) is 24.9 Å². The van der Waals surface area contributed by atoms with Gasteiger partial charge in [0, 0.05) is 6.42 Å². The van der Waals surface area contributed by atoms with Crippen LogP contribution in [0.4, 0.5) is 13.2 Å². The van der Waals surface area contributed by atoms with Gasteiger partial charge in [0.05, 0.1) is 5.75 Å². The van der Waals surface area contributed by atoms with E-state index < -0.39 is 18.2 Å². The van der Waals surface area contributed by atoms with Crippen LogP contribution in [0.5, 0.6) is 0 Å². The summed E-state index contributed by atoms with van der Waals surface area (Å²) in [5.74, 6) is 0.847. The largest absolute Gasteiger partial charge is 0.459 e. The van der Waals surface area contributed by atoms with E-state index in [1.165, 1.54) is 11.8 Å². The molecule has 0 saturated heterocycles. The lowest BCUT2D eigenvalue weighted by Gasteiger charge is -2.19. The zero-order valence-electron chi connectivity index (χ0n) is 11.8. The van der Waals surface area contributed by atoms with Crippen molar-refractivity contribution in [3.63, 3.8) is 0 Å². The van der Waals surface area contributed by atoms with Crippen LogP contribution >= 0.6 is 11.8 Å². The predicted octanol–water partition coefficient (Wildman–Crippen LogP) is 4.57. The highest BCUT2D eigenvalue weighted by molar-refractivity contribution is 7.99. The van der Waals surface area contributed by atoms with E-state index in [2.05, 4.69) is 0 Å². The summed E-state index contributed by atoms with van der Waals surface area (Å²) in [5.41, 5.74) is -0.463. The maximum absolute atomic E-state index is 11.9. The Kier molecular flexibility index (Phi) is 8.54. The van der Waals surface area contributed by atoms with Crippen LogP contribution in [0, 0.1) is 0 Å². The van der Waals surface area contributed by atoms with Gasteiger partial charge in [-0.1, -0.05) is 12.8 Å². The summed E-state index contributed by atoms with van der Waals surface area (Å²) >= 11 is 1.47. The van der Waals surface area contributed by atoms with Crippen molar-refractivity contribution >= 4 is 17.7 Å². The molecule has 0 radical (unpaired) electrons. The topological polar surface area (TPSA) is 26.3 Å². The number of rotatable bonds is 8. The molecule has 0 heterocycles. The van der Waals surface area contributed by atoms with Crippen molar-refractivity contribution < 1.29 is 22.7 Å². The molecule has 0 N–H and O–H groups in total. The first-order valence-corrected chi connectivity index (χ1v) is 7.62. The fourth-order valence-electron chi connectivity index (χ4n) is 1.41. The van der Waals surface area contributed by atoms with Crippen molar-refractivity contribution in [3.05, 3.63) is 0 Å². The summed E-state index contributed by atoms with van der Waals surface area (Å²) in [6, 6.07) is 0. The zero-order chi connectivity index (χ0) is 14.9. The molecule has 0 fully saturated rings. The van der Waals surface area contributed by atoms with E-state index in [0.717, 1.165) is 18.6 Å². The van der Waals surface area contributed by atoms with E-state index in [-0.39, 0.29) is 12.4 Å². The highest BCUT2D eigenvalue weighted by Crippen LogP contribution is 2.23. The highest BCUT2D eigenvalue weighted by atomic mass is 32.2. The maximum Gasteiger partial charge on any atom is 0.389 e. The Morgan fingerprint density at radius 3 is 2.16 bits per heavy atom. The Hall–Kier alpha value is -0.390. The lowest BCUT2D eigenvalue weighted by molar-refractivity contribution is -0.151. The molecule has 0 aromatic heterocycles. The molecule has 0 unspecified atom stereocenters. The number of alkyl halides is 3. The quantitative estimate of drug-likeness (QED) is 0.485. The van der Waals surface area contributed by atoms with Gasteiger partial charge in [-0.3, -0.25) is 4.79 Å². The van der Waals surface area contributed by atoms with E-state index in [1.54, 1.807) is 0 Å². The predicted molar refractivity (Wildman–Crippen MR) is 72.3 cm³/mol. The standard InChI is InChI=1S/C13H23F3O2S/c1-12(2,3)18-11(17)10-19-9-7-5-4-6-8-13(14,15)16/h4-10H2,1-3H3. The maximum atomic E-state index is 11.9. The second-order valence-corrected chi connectivity index (χ2v) is 6.52. The highest BCUT2D eigenvalue weighted by Gasteiger charge is 2.25. The number of unbranched alkanes of at least 4 members (excludes halogenated alkanes) is 3. The molecule has 0 aromatic carbocycles. The molecule has 0 saturated carbocycles. The summed E-state index contributed by atoms with van der Waals surface area (Å²) in [7, 11) is 0. The molecule has 19 heavy (non-hydrogen) atoms. The average molecular weight is 300 g/mol. The molecule has 0 bridgehead atoms. The number of hydrogen-bond donors (Lipinski definition) is 0. The number of carbonyl (C=O) groups excluding carboxylic acids is 1. The number of ether oxygens (including phenoxy) is 1. The zero-order valence-corrected chi connectivity index (χ0v) is 12.6.